The number of aliphatic hydroxyl groups is 2. The molecule has 3 saturated carbocycles. The molecule has 4 fully saturated rings. The van der Waals surface area contributed by atoms with Crippen molar-refractivity contribution in [1.29, 1.82) is 0 Å². The Hall–Kier alpha value is -1.22. The molecule has 9 atom stereocenters. The van der Waals surface area contributed by atoms with Gasteiger partial charge in [-0.05, 0) is 57.1 Å². The fraction of sp³-hybridized carbons (Fsp3) is 0.833. The normalized spacial score (nSPS) is 53.7. The third-order valence-corrected chi connectivity index (χ3v) is 9.58. The van der Waals surface area contributed by atoms with Gasteiger partial charge in [0.2, 0.25) is 0 Å². The molecule has 0 unspecified atom stereocenters. The maximum Gasteiger partial charge on any atom is 0.193 e. The van der Waals surface area contributed by atoms with E-state index in [4.69, 9.17) is 9.47 Å². The molecule has 178 valence electrons. The average Bonchev–Trinajstić information content (AvgIpc) is 3.11. The first-order chi connectivity index (χ1) is 14.8. The van der Waals surface area contributed by atoms with Crippen LogP contribution in [0.3, 0.4) is 0 Å². The molecule has 0 amide bonds. The molecule has 0 aromatic rings. The van der Waals surface area contributed by atoms with E-state index in [2.05, 4.69) is 0 Å². The standard InChI is InChI=1S/C24H32F2O6/c1-20(2)31-19-9-13-14-8-16(25)15-7-12(28)5-6-21(15,3)23(14,26)17(29)10-22(13,4)24(19,32-20)18(30)11-27/h7,13-14,16-17,19,27,29H,5-6,8-11H2,1-4H3/t13-,14-,16+,17+,19-,21+,22+,23+,24-/m1/s1. The minimum absolute atomic E-state index is 0.0832. The SMILES string of the molecule is CC1(C)O[C@@H]2C[C@@H]3[C@H]4C[C@H](F)C5=CC(=O)CC[C@]5(C)[C@@]4(F)[C@@H](O)C[C@]3(C)[C@]2(C(=O)CO)O1. The lowest BCUT2D eigenvalue weighted by molar-refractivity contribution is -0.254. The number of fused-ring (bicyclic) bond motifs is 7. The fourth-order valence-corrected chi connectivity index (χ4v) is 8.28. The van der Waals surface area contributed by atoms with Crippen molar-refractivity contribution in [2.24, 2.45) is 22.7 Å². The van der Waals surface area contributed by atoms with E-state index in [1.165, 1.54) is 6.08 Å². The van der Waals surface area contributed by atoms with Crippen LogP contribution in [0, 0.1) is 22.7 Å². The molecule has 5 aliphatic rings. The van der Waals surface area contributed by atoms with E-state index >= 15 is 8.78 Å². The third-order valence-electron chi connectivity index (χ3n) is 9.58. The second kappa shape index (κ2) is 6.46. The first kappa shape index (κ1) is 22.6. The minimum Gasteiger partial charge on any atom is -0.390 e. The molecule has 5 rings (SSSR count). The molecule has 0 bridgehead atoms. The van der Waals surface area contributed by atoms with Gasteiger partial charge in [0.1, 0.15) is 18.4 Å². The molecular formula is C24H32F2O6. The largest absolute Gasteiger partial charge is 0.390 e. The van der Waals surface area contributed by atoms with Crippen LogP contribution >= 0.6 is 0 Å². The number of carbonyl (C=O) groups excluding carboxylic acids is 2. The van der Waals surface area contributed by atoms with Gasteiger partial charge in [0.25, 0.3) is 0 Å². The van der Waals surface area contributed by atoms with Gasteiger partial charge < -0.3 is 19.7 Å². The van der Waals surface area contributed by atoms with Crippen molar-refractivity contribution in [3.63, 3.8) is 0 Å². The monoisotopic (exact) mass is 454 g/mol. The zero-order valence-corrected chi connectivity index (χ0v) is 19.0. The number of alkyl halides is 2. The number of hydrogen-bond donors (Lipinski definition) is 2. The molecule has 6 nitrogen and oxygen atoms in total. The molecule has 0 aromatic carbocycles. The van der Waals surface area contributed by atoms with Crippen molar-refractivity contribution in [2.75, 3.05) is 6.61 Å². The molecule has 0 aromatic heterocycles. The van der Waals surface area contributed by atoms with Gasteiger partial charge in [-0.1, -0.05) is 13.8 Å². The Kier molecular flexibility index (Phi) is 4.56. The summed E-state index contributed by atoms with van der Waals surface area (Å²) in [7, 11) is 0. The summed E-state index contributed by atoms with van der Waals surface area (Å²) in [6, 6.07) is 0. The number of Topliss-reactive ketones (excluding diaryl/α,β-unsaturated/α-hetero) is 1. The zero-order valence-electron chi connectivity index (χ0n) is 19.0. The van der Waals surface area contributed by atoms with E-state index in [0.29, 0.717) is 0 Å². The second-order valence-electron chi connectivity index (χ2n) is 11.4. The van der Waals surface area contributed by atoms with E-state index in [9.17, 15) is 19.8 Å². The van der Waals surface area contributed by atoms with Gasteiger partial charge in [0.15, 0.2) is 23.0 Å². The summed E-state index contributed by atoms with van der Waals surface area (Å²) in [6.45, 7) is 6.01. The van der Waals surface area contributed by atoms with E-state index in [0.717, 1.165) is 0 Å². The number of allylic oxidation sites excluding steroid dienone is 1. The lowest BCUT2D eigenvalue weighted by Crippen LogP contribution is -2.71. The predicted octanol–water partition coefficient (Wildman–Crippen LogP) is 2.59. The van der Waals surface area contributed by atoms with Crippen molar-refractivity contribution in [2.45, 2.75) is 95.2 Å². The van der Waals surface area contributed by atoms with Crippen LogP contribution in [0.4, 0.5) is 8.78 Å². The topological polar surface area (TPSA) is 93.1 Å². The summed E-state index contributed by atoms with van der Waals surface area (Å²) in [5.41, 5.74) is -5.90. The van der Waals surface area contributed by atoms with Crippen LogP contribution in [0.15, 0.2) is 11.6 Å². The third kappa shape index (κ3) is 2.37. The molecule has 1 saturated heterocycles. The molecular weight excluding hydrogens is 422 g/mol. The Bertz CT molecular complexity index is 918. The Morgan fingerprint density at radius 3 is 2.56 bits per heavy atom. The van der Waals surface area contributed by atoms with Gasteiger partial charge in [-0.15, -0.1) is 0 Å². The van der Waals surface area contributed by atoms with Gasteiger partial charge in [0, 0.05) is 23.2 Å². The van der Waals surface area contributed by atoms with Gasteiger partial charge in [-0.25, -0.2) is 8.78 Å². The summed E-state index contributed by atoms with van der Waals surface area (Å²) >= 11 is 0. The quantitative estimate of drug-likeness (QED) is 0.666. The Morgan fingerprint density at radius 1 is 1.22 bits per heavy atom. The van der Waals surface area contributed by atoms with E-state index in [-0.39, 0.29) is 43.5 Å². The minimum atomic E-state index is -2.15. The highest BCUT2D eigenvalue weighted by molar-refractivity contribution is 5.92. The van der Waals surface area contributed by atoms with Gasteiger partial charge >= 0.3 is 0 Å². The lowest BCUT2D eigenvalue weighted by atomic mass is 9.43. The van der Waals surface area contributed by atoms with Crippen LogP contribution in [0.5, 0.6) is 0 Å². The Morgan fingerprint density at radius 2 is 1.91 bits per heavy atom. The van der Waals surface area contributed by atoms with Crippen molar-refractivity contribution in [1.82, 2.24) is 0 Å². The van der Waals surface area contributed by atoms with Crippen LogP contribution in [0.25, 0.3) is 0 Å². The highest BCUT2D eigenvalue weighted by Gasteiger charge is 2.80. The van der Waals surface area contributed by atoms with Gasteiger partial charge in [-0.3, -0.25) is 9.59 Å². The first-order valence-electron chi connectivity index (χ1n) is 11.5. The van der Waals surface area contributed by atoms with E-state index in [1.54, 1.807) is 27.7 Å². The van der Waals surface area contributed by atoms with Crippen LogP contribution in [-0.4, -0.2) is 63.8 Å². The number of rotatable bonds is 2. The van der Waals surface area contributed by atoms with Crippen LogP contribution in [-0.2, 0) is 19.1 Å². The number of carbonyl (C=O) groups is 2. The van der Waals surface area contributed by atoms with Crippen molar-refractivity contribution >= 4 is 11.6 Å². The Balaban J connectivity index is 1.65. The highest BCUT2D eigenvalue weighted by atomic mass is 19.1. The smallest absolute Gasteiger partial charge is 0.193 e. The Labute approximate surface area is 186 Å². The van der Waals surface area contributed by atoms with E-state index in [1.807, 2.05) is 0 Å². The molecule has 0 radical (unpaired) electrons. The summed E-state index contributed by atoms with van der Waals surface area (Å²) < 4.78 is 44.9. The molecule has 32 heavy (non-hydrogen) atoms. The van der Waals surface area contributed by atoms with Crippen LogP contribution < -0.4 is 0 Å². The predicted molar refractivity (Wildman–Crippen MR) is 109 cm³/mol. The van der Waals surface area contributed by atoms with Gasteiger partial charge in [-0.2, -0.15) is 0 Å². The van der Waals surface area contributed by atoms with Crippen LogP contribution in [0.2, 0.25) is 0 Å². The average molecular weight is 455 g/mol. The molecule has 0 spiro atoms. The molecule has 4 aliphatic carbocycles. The zero-order chi connectivity index (χ0) is 23.5. The molecule has 8 heteroatoms. The number of aliphatic hydroxyl groups excluding tert-OH is 2. The number of ketones is 2. The summed E-state index contributed by atoms with van der Waals surface area (Å²) in [5.74, 6) is -3.24. The molecule has 2 N–H and O–H groups in total. The van der Waals surface area contributed by atoms with Crippen molar-refractivity contribution in [3.05, 3.63) is 11.6 Å². The second-order valence-corrected chi connectivity index (χ2v) is 11.4. The number of ether oxygens (including phenoxy) is 2. The van der Waals surface area contributed by atoms with Crippen LogP contribution in [0.1, 0.15) is 59.8 Å². The number of halogens is 2. The van der Waals surface area contributed by atoms with Crippen molar-refractivity contribution in [3.8, 4) is 0 Å². The lowest BCUT2D eigenvalue weighted by Gasteiger charge is -2.64. The summed E-state index contributed by atoms with van der Waals surface area (Å²) in [6.07, 6.45) is -2.23. The fourth-order valence-electron chi connectivity index (χ4n) is 8.28. The number of hydrogen-bond acceptors (Lipinski definition) is 6. The summed E-state index contributed by atoms with van der Waals surface area (Å²) in [5, 5.41) is 21.2. The maximum absolute atomic E-state index is 17.2. The molecule has 1 aliphatic heterocycles. The highest BCUT2D eigenvalue weighted by Crippen LogP contribution is 2.73. The van der Waals surface area contributed by atoms with E-state index < -0.39 is 70.5 Å². The first-order valence-corrected chi connectivity index (χ1v) is 11.5. The molecule has 1 heterocycles. The summed E-state index contributed by atoms with van der Waals surface area (Å²) in [4.78, 5) is 25.2. The van der Waals surface area contributed by atoms with Gasteiger partial charge in [0.05, 0.1) is 12.2 Å². The maximum atomic E-state index is 17.2. The van der Waals surface area contributed by atoms with Crippen molar-refractivity contribution < 1.29 is 38.1 Å².